The predicted molar refractivity (Wildman–Crippen MR) is 95.6 cm³/mol. The molecular weight excluding hydrogens is 320 g/mol. The molecule has 136 valence electrons. The highest BCUT2D eigenvalue weighted by Gasteiger charge is 2.49. The van der Waals surface area contributed by atoms with Gasteiger partial charge in [-0.2, -0.15) is 0 Å². The van der Waals surface area contributed by atoms with E-state index in [1.54, 1.807) is 32.1 Å². The largest absolute Gasteiger partial charge is 0.465 e. The van der Waals surface area contributed by atoms with E-state index in [1.165, 1.54) is 6.92 Å². The highest BCUT2D eigenvalue weighted by Crippen LogP contribution is 2.36. The number of carbonyl (C=O) groups excluding carboxylic acids is 3. The highest BCUT2D eigenvalue weighted by atomic mass is 16.6. The Morgan fingerprint density at radius 1 is 1.04 bits per heavy atom. The van der Waals surface area contributed by atoms with Crippen LogP contribution in [0.4, 0.5) is 0 Å². The average molecular weight is 346 g/mol. The summed E-state index contributed by atoms with van der Waals surface area (Å²) in [6.45, 7) is 7.05. The molecule has 0 saturated heterocycles. The van der Waals surface area contributed by atoms with E-state index in [-0.39, 0.29) is 13.2 Å². The molecule has 25 heavy (non-hydrogen) atoms. The van der Waals surface area contributed by atoms with Crippen LogP contribution in [0.3, 0.4) is 0 Å². The van der Waals surface area contributed by atoms with Gasteiger partial charge in [-0.3, -0.25) is 14.4 Å². The number of ether oxygens (including phenoxy) is 2. The van der Waals surface area contributed by atoms with E-state index in [2.05, 4.69) is 0 Å². The number of aldehydes is 1. The van der Waals surface area contributed by atoms with Crippen LogP contribution in [0.1, 0.15) is 39.7 Å². The molecule has 1 rings (SSSR count). The number of rotatable bonds is 9. The van der Waals surface area contributed by atoms with Gasteiger partial charge in [-0.15, -0.1) is 0 Å². The number of hydrogen-bond donors (Lipinski definition) is 0. The Kier molecular flexibility index (Phi) is 8.05. The first-order valence-corrected chi connectivity index (χ1v) is 8.52. The Bertz CT molecular complexity index is 600. The Labute approximate surface area is 149 Å². The molecule has 1 aromatic carbocycles. The molecule has 0 N–H and O–H groups in total. The van der Waals surface area contributed by atoms with E-state index < -0.39 is 23.3 Å². The summed E-state index contributed by atoms with van der Waals surface area (Å²) in [4.78, 5) is 36.7. The van der Waals surface area contributed by atoms with Crippen LogP contribution < -0.4 is 0 Å². The SMILES string of the molecule is CCOC(=O)C(C)(C(=O)OCC)C(/C=C(/C=O)c1ccccc1)CC. The van der Waals surface area contributed by atoms with Crippen molar-refractivity contribution in [3.05, 3.63) is 42.0 Å². The Hall–Kier alpha value is -2.43. The van der Waals surface area contributed by atoms with E-state index in [0.717, 1.165) is 11.8 Å². The number of hydrogen-bond acceptors (Lipinski definition) is 5. The minimum Gasteiger partial charge on any atom is -0.465 e. The summed E-state index contributed by atoms with van der Waals surface area (Å²) >= 11 is 0. The van der Waals surface area contributed by atoms with E-state index in [9.17, 15) is 14.4 Å². The van der Waals surface area contributed by atoms with Crippen LogP contribution in [-0.4, -0.2) is 31.4 Å². The second-order valence-corrected chi connectivity index (χ2v) is 5.76. The Morgan fingerprint density at radius 2 is 1.56 bits per heavy atom. The first-order chi connectivity index (χ1) is 11.9. The fourth-order valence-corrected chi connectivity index (χ4v) is 2.69. The second-order valence-electron chi connectivity index (χ2n) is 5.76. The lowest BCUT2D eigenvalue weighted by Crippen LogP contribution is -2.45. The minimum atomic E-state index is -1.51. The maximum atomic E-state index is 12.5. The molecule has 0 fully saturated rings. The van der Waals surface area contributed by atoms with Crippen molar-refractivity contribution in [1.82, 2.24) is 0 Å². The van der Waals surface area contributed by atoms with Gasteiger partial charge in [0.1, 0.15) is 6.29 Å². The van der Waals surface area contributed by atoms with Gasteiger partial charge in [0.05, 0.1) is 13.2 Å². The Balaban J connectivity index is 3.37. The smallest absolute Gasteiger partial charge is 0.323 e. The summed E-state index contributed by atoms with van der Waals surface area (Å²) in [7, 11) is 0. The normalized spacial score (nSPS) is 13.0. The lowest BCUT2D eigenvalue weighted by Gasteiger charge is -2.31. The van der Waals surface area contributed by atoms with E-state index >= 15 is 0 Å². The summed E-state index contributed by atoms with van der Waals surface area (Å²) in [5.41, 5.74) is -0.359. The summed E-state index contributed by atoms with van der Waals surface area (Å²) in [5.74, 6) is -1.82. The highest BCUT2D eigenvalue weighted by molar-refractivity contribution is 6.07. The van der Waals surface area contributed by atoms with Gasteiger partial charge >= 0.3 is 11.9 Å². The van der Waals surface area contributed by atoms with Crippen LogP contribution in [0.25, 0.3) is 5.57 Å². The molecule has 0 heterocycles. The molecule has 0 amide bonds. The minimum absolute atomic E-state index is 0.160. The third-order valence-electron chi connectivity index (χ3n) is 4.20. The Morgan fingerprint density at radius 3 is 1.96 bits per heavy atom. The van der Waals surface area contributed by atoms with Gasteiger partial charge in [-0.05, 0) is 32.8 Å². The maximum absolute atomic E-state index is 12.5. The maximum Gasteiger partial charge on any atom is 0.323 e. The van der Waals surface area contributed by atoms with Crippen molar-refractivity contribution in [2.45, 2.75) is 34.1 Å². The molecule has 0 radical (unpaired) electrons. The number of esters is 2. The molecule has 0 aromatic heterocycles. The fourth-order valence-electron chi connectivity index (χ4n) is 2.69. The topological polar surface area (TPSA) is 69.7 Å². The van der Waals surface area contributed by atoms with Crippen molar-refractivity contribution < 1.29 is 23.9 Å². The van der Waals surface area contributed by atoms with Crippen molar-refractivity contribution in [1.29, 1.82) is 0 Å². The fraction of sp³-hybridized carbons (Fsp3) is 0.450. The average Bonchev–Trinajstić information content (AvgIpc) is 2.63. The third kappa shape index (κ3) is 4.78. The quantitative estimate of drug-likeness (QED) is 0.296. The monoisotopic (exact) mass is 346 g/mol. The summed E-state index contributed by atoms with van der Waals surface area (Å²) in [6.07, 6.45) is 2.86. The molecule has 1 atom stereocenters. The van der Waals surface area contributed by atoms with Crippen LogP contribution in [0, 0.1) is 11.3 Å². The van der Waals surface area contributed by atoms with Crippen molar-refractivity contribution in [2.75, 3.05) is 13.2 Å². The van der Waals surface area contributed by atoms with E-state index in [0.29, 0.717) is 12.0 Å². The van der Waals surface area contributed by atoms with Gasteiger partial charge in [0.15, 0.2) is 5.41 Å². The molecule has 1 unspecified atom stereocenters. The molecule has 0 saturated carbocycles. The van der Waals surface area contributed by atoms with E-state index in [1.807, 2.05) is 25.1 Å². The lowest BCUT2D eigenvalue weighted by molar-refractivity contribution is -0.173. The van der Waals surface area contributed by atoms with Crippen molar-refractivity contribution in [3.8, 4) is 0 Å². The zero-order valence-electron chi connectivity index (χ0n) is 15.3. The number of carbonyl (C=O) groups is 3. The molecule has 0 bridgehead atoms. The molecule has 0 aliphatic heterocycles. The van der Waals surface area contributed by atoms with Gasteiger partial charge in [0.25, 0.3) is 0 Å². The van der Waals surface area contributed by atoms with E-state index in [4.69, 9.17) is 9.47 Å². The molecular formula is C20H26O5. The van der Waals surface area contributed by atoms with Crippen LogP contribution in [-0.2, 0) is 23.9 Å². The summed E-state index contributed by atoms with van der Waals surface area (Å²) in [6, 6.07) is 9.11. The van der Waals surface area contributed by atoms with Crippen LogP contribution in [0.15, 0.2) is 36.4 Å². The molecule has 1 aromatic rings. The third-order valence-corrected chi connectivity index (χ3v) is 4.20. The van der Waals surface area contributed by atoms with Crippen LogP contribution in [0.5, 0.6) is 0 Å². The van der Waals surface area contributed by atoms with Crippen molar-refractivity contribution in [2.24, 2.45) is 11.3 Å². The van der Waals surface area contributed by atoms with Gasteiger partial charge in [0, 0.05) is 11.5 Å². The lowest BCUT2D eigenvalue weighted by atomic mass is 9.74. The second kappa shape index (κ2) is 9.77. The first kappa shape index (κ1) is 20.6. The van der Waals surface area contributed by atoms with Crippen molar-refractivity contribution in [3.63, 3.8) is 0 Å². The molecule has 5 heteroatoms. The van der Waals surface area contributed by atoms with Gasteiger partial charge in [-0.1, -0.05) is 43.3 Å². The molecule has 0 spiro atoms. The summed E-state index contributed by atoms with van der Waals surface area (Å²) in [5, 5.41) is 0. The predicted octanol–water partition coefficient (Wildman–Crippen LogP) is 3.43. The number of allylic oxidation sites excluding steroid dienone is 2. The van der Waals surface area contributed by atoms with Crippen LogP contribution in [0.2, 0.25) is 0 Å². The van der Waals surface area contributed by atoms with Gasteiger partial charge in [-0.25, -0.2) is 0 Å². The zero-order valence-corrected chi connectivity index (χ0v) is 15.3. The summed E-state index contributed by atoms with van der Waals surface area (Å²) < 4.78 is 10.2. The molecule has 5 nitrogen and oxygen atoms in total. The molecule has 0 aliphatic rings. The number of benzene rings is 1. The van der Waals surface area contributed by atoms with Gasteiger partial charge < -0.3 is 9.47 Å². The first-order valence-electron chi connectivity index (χ1n) is 8.52. The van der Waals surface area contributed by atoms with Crippen LogP contribution >= 0.6 is 0 Å². The molecule has 0 aliphatic carbocycles. The standard InChI is InChI=1S/C20H26O5/c1-5-17(13-16(14-21)15-11-9-8-10-12-15)20(4,18(22)24-6-2)19(23)25-7-3/h8-14,17H,5-7H2,1-4H3/b16-13-. The van der Waals surface area contributed by atoms with Gasteiger partial charge in [0.2, 0.25) is 0 Å². The van der Waals surface area contributed by atoms with Crippen molar-refractivity contribution >= 4 is 23.8 Å². The zero-order chi connectivity index (χ0) is 18.9.